The largest absolute Gasteiger partial charge is 0.356 e. The van der Waals surface area contributed by atoms with Crippen LogP contribution in [0, 0.1) is 5.82 Å². The molecule has 0 atom stereocenters. The molecule has 0 heterocycles. The number of nitrogens with one attached hydrogen (secondary N) is 2. The van der Waals surface area contributed by atoms with Crippen LogP contribution in [0.2, 0.25) is 0 Å². The van der Waals surface area contributed by atoms with Crippen molar-refractivity contribution in [3.8, 4) is 0 Å². The second-order valence-corrected chi connectivity index (χ2v) is 3.87. The van der Waals surface area contributed by atoms with E-state index in [4.69, 9.17) is 0 Å². The van der Waals surface area contributed by atoms with Crippen molar-refractivity contribution in [3.63, 3.8) is 0 Å². The van der Waals surface area contributed by atoms with Crippen LogP contribution in [0.3, 0.4) is 0 Å². The third-order valence-electron chi connectivity index (χ3n) is 2.37. The van der Waals surface area contributed by atoms with Crippen molar-refractivity contribution in [1.29, 1.82) is 0 Å². The lowest BCUT2D eigenvalue weighted by Crippen LogP contribution is -2.28. The fourth-order valence-corrected chi connectivity index (χ4v) is 1.42. The van der Waals surface area contributed by atoms with Gasteiger partial charge in [0, 0.05) is 31.6 Å². The van der Waals surface area contributed by atoms with Crippen molar-refractivity contribution in [2.45, 2.75) is 26.3 Å². The Bertz CT molecular complexity index is 355. The first kappa shape index (κ1) is 13.6. The van der Waals surface area contributed by atoms with Crippen LogP contribution in [-0.2, 0) is 11.3 Å². The average Bonchev–Trinajstić information content (AvgIpc) is 2.34. The van der Waals surface area contributed by atoms with Gasteiger partial charge < -0.3 is 10.6 Å². The summed E-state index contributed by atoms with van der Waals surface area (Å²) in [6.45, 7) is 3.74. The third-order valence-corrected chi connectivity index (χ3v) is 2.37. The quantitative estimate of drug-likeness (QED) is 0.712. The molecule has 1 amide bonds. The second kappa shape index (κ2) is 7.79. The summed E-state index contributed by atoms with van der Waals surface area (Å²) in [5.41, 5.74) is 0.626. The lowest BCUT2D eigenvalue weighted by molar-refractivity contribution is -0.120. The zero-order valence-electron chi connectivity index (χ0n) is 10.1. The molecule has 0 saturated heterocycles. The molecule has 1 aromatic rings. The van der Waals surface area contributed by atoms with Gasteiger partial charge in [-0.05, 0) is 12.5 Å². The minimum atomic E-state index is -0.213. The van der Waals surface area contributed by atoms with Gasteiger partial charge in [-0.15, -0.1) is 0 Å². The molecule has 3 nitrogen and oxygen atoms in total. The Morgan fingerprint density at radius 1 is 1.29 bits per heavy atom. The normalized spacial score (nSPS) is 10.2. The predicted molar refractivity (Wildman–Crippen MR) is 66.0 cm³/mol. The Morgan fingerprint density at radius 2 is 2.06 bits per heavy atom. The zero-order valence-corrected chi connectivity index (χ0v) is 10.1. The molecule has 94 valence electrons. The smallest absolute Gasteiger partial charge is 0.221 e. The molecule has 0 bridgehead atoms. The van der Waals surface area contributed by atoms with E-state index in [1.807, 2.05) is 6.92 Å². The summed E-state index contributed by atoms with van der Waals surface area (Å²) in [7, 11) is 0. The van der Waals surface area contributed by atoms with Gasteiger partial charge in [-0.25, -0.2) is 4.39 Å². The van der Waals surface area contributed by atoms with Gasteiger partial charge in [-0.1, -0.05) is 25.1 Å². The number of benzene rings is 1. The van der Waals surface area contributed by atoms with Crippen LogP contribution in [-0.4, -0.2) is 19.0 Å². The number of carbonyl (C=O) groups excluding carboxylic acids is 1. The van der Waals surface area contributed by atoms with Crippen molar-refractivity contribution in [2.75, 3.05) is 13.1 Å². The topological polar surface area (TPSA) is 41.1 Å². The Balaban J connectivity index is 2.16. The maximum absolute atomic E-state index is 13.2. The molecule has 0 aliphatic rings. The summed E-state index contributed by atoms with van der Waals surface area (Å²) < 4.78 is 13.2. The van der Waals surface area contributed by atoms with Crippen molar-refractivity contribution >= 4 is 5.91 Å². The minimum Gasteiger partial charge on any atom is -0.356 e. The lowest BCUT2D eigenvalue weighted by Gasteiger charge is -2.06. The highest BCUT2D eigenvalue weighted by atomic mass is 19.1. The van der Waals surface area contributed by atoms with E-state index in [0.29, 0.717) is 31.6 Å². The van der Waals surface area contributed by atoms with Crippen molar-refractivity contribution in [1.82, 2.24) is 10.6 Å². The highest BCUT2D eigenvalue weighted by Gasteiger charge is 2.01. The molecule has 0 aromatic heterocycles. The molecule has 0 spiro atoms. The predicted octanol–water partition coefficient (Wildman–Crippen LogP) is 1.83. The van der Waals surface area contributed by atoms with Gasteiger partial charge in [-0.3, -0.25) is 4.79 Å². The van der Waals surface area contributed by atoms with E-state index >= 15 is 0 Å². The van der Waals surface area contributed by atoms with Crippen LogP contribution < -0.4 is 10.6 Å². The van der Waals surface area contributed by atoms with Crippen LogP contribution in [0.5, 0.6) is 0 Å². The van der Waals surface area contributed by atoms with Crippen molar-refractivity contribution in [2.24, 2.45) is 0 Å². The number of hydrogen-bond donors (Lipinski definition) is 2. The average molecular weight is 238 g/mol. The first-order valence-corrected chi connectivity index (χ1v) is 5.95. The van der Waals surface area contributed by atoms with E-state index in [0.717, 1.165) is 6.42 Å². The Hall–Kier alpha value is -1.42. The first-order valence-electron chi connectivity index (χ1n) is 5.95. The Morgan fingerprint density at radius 3 is 2.76 bits per heavy atom. The van der Waals surface area contributed by atoms with Gasteiger partial charge in [0.25, 0.3) is 0 Å². The summed E-state index contributed by atoms with van der Waals surface area (Å²) in [5.74, 6) is -0.177. The van der Waals surface area contributed by atoms with E-state index in [1.54, 1.807) is 18.2 Å². The van der Waals surface area contributed by atoms with E-state index in [9.17, 15) is 9.18 Å². The molecular formula is C13H19FN2O. The fraction of sp³-hybridized carbons (Fsp3) is 0.462. The van der Waals surface area contributed by atoms with Crippen LogP contribution in [0.1, 0.15) is 25.3 Å². The molecule has 4 heteroatoms. The molecule has 0 fully saturated rings. The monoisotopic (exact) mass is 238 g/mol. The van der Waals surface area contributed by atoms with Crippen LogP contribution >= 0.6 is 0 Å². The fourth-order valence-electron chi connectivity index (χ4n) is 1.42. The summed E-state index contributed by atoms with van der Waals surface area (Å²) in [6.07, 6.45) is 1.36. The number of carbonyl (C=O) groups is 1. The van der Waals surface area contributed by atoms with Gasteiger partial charge in [-0.2, -0.15) is 0 Å². The molecular weight excluding hydrogens is 219 g/mol. The van der Waals surface area contributed by atoms with Gasteiger partial charge in [0.1, 0.15) is 5.82 Å². The standard InChI is InChI=1S/C13H19FN2O/c1-2-8-16-13(17)7-9-15-10-11-5-3-4-6-12(11)14/h3-6,15H,2,7-10H2,1H3,(H,16,17). The molecule has 17 heavy (non-hydrogen) atoms. The molecule has 0 saturated carbocycles. The number of rotatable bonds is 7. The van der Waals surface area contributed by atoms with Gasteiger partial charge >= 0.3 is 0 Å². The highest BCUT2D eigenvalue weighted by molar-refractivity contribution is 5.75. The highest BCUT2D eigenvalue weighted by Crippen LogP contribution is 2.05. The Kier molecular flexibility index (Phi) is 6.25. The van der Waals surface area contributed by atoms with Crippen molar-refractivity contribution < 1.29 is 9.18 Å². The number of halogens is 1. The van der Waals surface area contributed by atoms with E-state index in [-0.39, 0.29) is 11.7 Å². The SMILES string of the molecule is CCCNC(=O)CCNCc1ccccc1F. The molecule has 0 radical (unpaired) electrons. The zero-order chi connectivity index (χ0) is 12.5. The minimum absolute atomic E-state index is 0.0351. The molecule has 0 aliphatic heterocycles. The van der Waals surface area contributed by atoms with E-state index in [1.165, 1.54) is 6.07 Å². The molecule has 2 N–H and O–H groups in total. The molecule has 1 aromatic carbocycles. The molecule has 1 rings (SSSR count). The summed E-state index contributed by atoms with van der Waals surface area (Å²) in [4.78, 5) is 11.3. The van der Waals surface area contributed by atoms with Gasteiger partial charge in [0.15, 0.2) is 0 Å². The van der Waals surface area contributed by atoms with Crippen molar-refractivity contribution in [3.05, 3.63) is 35.6 Å². The number of hydrogen-bond acceptors (Lipinski definition) is 2. The van der Waals surface area contributed by atoms with Gasteiger partial charge in [0.2, 0.25) is 5.91 Å². The maximum atomic E-state index is 13.2. The Labute approximate surface area is 101 Å². The maximum Gasteiger partial charge on any atom is 0.221 e. The summed E-state index contributed by atoms with van der Waals surface area (Å²) in [6, 6.07) is 6.63. The van der Waals surface area contributed by atoms with Crippen LogP contribution in [0.25, 0.3) is 0 Å². The first-order chi connectivity index (χ1) is 8.24. The number of amides is 1. The summed E-state index contributed by atoms with van der Waals surface area (Å²) in [5, 5.41) is 5.84. The summed E-state index contributed by atoms with van der Waals surface area (Å²) >= 11 is 0. The van der Waals surface area contributed by atoms with E-state index in [2.05, 4.69) is 10.6 Å². The lowest BCUT2D eigenvalue weighted by atomic mass is 10.2. The second-order valence-electron chi connectivity index (χ2n) is 3.87. The third kappa shape index (κ3) is 5.45. The van der Waals surface area contributed by atoms with Crippen LogP contribution in [0.15, 0.2) is 24.3 Å². The molecule has 0 unspecified atom stereocenters. The van der Waals surface area contributed by atoms with Crippen LogP contribution in [0.4, 0.5) is 4.39 Å². The van der Waals surface area contributed by atoms with E-state index < -0.39 is 0 Å². The molecule has 0 aliphatic carbocycles. The van der Waals surface area contributed by atoms with Gasteiger partial charge in [0.05, 0.1) is 0 Å².